The van der Waals surface area contributed by atoms with Crippen LogP contribution in [-0.2, 0) is 4.79 Å². The van der Waals surface area contributed by atoms with Gasteiger partial charge in [-0.1, -0.05) is 18.6 Å². The van der Waals surface area contributed by atoms with E-state index < -0.39 is 0 Å². The van der Waals surface area contributed by atoms with Crippen LogP contribution in [0.4, 0.5) is 11.4 Å². The van der Waals surface area contributed by atoms with Crippen molar-refractivity contribution < 1.29 is 4.79 Å². The van der Waals surface area contributed by atoms with Crippen LogP contribution in [0.5, 0.6) is 0 Å². The summed E-state index contributed by atoms with van der Waals surface area (Å²) in [6.45, 7) is 0.430. The third kappa shape index (κ3) is 2.97. The number of anilines is 2. The molecule has 4 heteroatoms. The molecule has 0 radical (unpaired) electrons. The van der Waals surface area contributed by atoms with Gasteiger partial charge in [0.15, 0.2) is 0 Å². The Kier molecular flexibility index (Phi) is 3.64. The largest absolute Gasteiger partial charge is 0.397 e. The molecule has 17 heavy (non-hydrogen) atoms. The van der Waals surface area contributed by atoms with Crippen molar-refractivity contribution in [2.24, 2.45) is 0 Å². The van der Waals surface area contributed by atoms with Crippen LogP contribution in [-0.4, -0.2) is 30.4 Å². The van der Waals surface area contributed by atoms with Gasteiger partial charge in [-0.05, 0) is 32.0 Å². The summed E-state index contributed by atoms with van der Waals surface area (Å²) in [6, 6.07) is 7.89. The Hall–Kier alpha value is -1.55. The minimum absolute atomic E-state index is 0.00250. The van der Waals surface area contributed by atoms with Crippen molar-refractivity contribution >= 4 is 17.3 Å². The van der Waals surface area contributed by atoms with E-state index in [1.54, 1.807) is 6.07 Å². The maximum absolute atomic E-state index is 11.8. The Bertz CT molecular complexity index is 401. The summed E-state index contributed by atoms with van der Waals surface area (Å²) in [5.41, 5.74) is 7.07. The van der Waals surface area contributed by atoms with E-state index in [1.165, 1.54) is 19.3 Å². The van der Waals surface area contributed by atoms with Crippen LogP contribution >= 0.6 is 0 Å². The number of amides is 1. The molecule has 1 aromatic rings. The van der Waals surface area contributed by atoms with E-state index in [-0.39, 0.29) is 5.91 Å². The van der Waals surface area contributed by atoms with Crippen LogP contribution in [0.1, 0.15) is 19.3 Å². The number of nitrogen functional groups attached to an aromatic ring is 1. The average molecular weight is 233 g/mol. The van der Waals surface area contributed by atoms with Gasteiger partial charge in [-0.25, -0.2) is 0 Å². The fraction of sp³-hybridized carbons (Fsp3) is 0.462. The van der Waals surface area contributed by atoms with E-state index in [0.717, 1.165) is 0 Å². The van der Waals surface area contributed by atoms with Crippen molar-refractivity contribution in [3.05, 3.63) is 24.3 Å². The van der Waals surface area contributed by atoms with Crippen molar-refractivity contribution in [3.63, 3.8) is 0 Å². The normalized spacial score (nSPS) is 15.6. The van der Waals surface area contributed by atoms with Gasteiger partial charge < -0.3 is 11.1 Å². The number of benzene rings is 1. The quantitative estimate of drug-likeness (QED) is 0.778. The van der Waals surface area contributed by atoms with Gasteiger partial charge in [0, 0.05) is 6.04 Å². The fourth-order valence-electron chi connectivity index (χ4n) is 1.98. The van der Waals surface area contributed by atoms with E-state index in [9.17, 15) is 4.79 Å². The number of para-hydroxylation sites is 2. The third-order valence-electron chi connectivity index (χ3n) is 3.33. The first-order chi connectivity index (χ1) is 8.16. The number of hydrogen-bond acceptors (Lipinski definition) is 3. The van der Waals surface area contributed by atoms with Crippen molar-refractivity contribution in [3.8, 4) is 0 Å². The lowest BCUT2D eigenvalue weighted by Gasteiger charge is -2.34. The van der Waals surface area contributed by atoms with E-state index >= 15 is 0 Å². The molecule has 0 saturated heterocycles. The number of nitrogens with two attached hydrogens (primary N) is 1. The lowest BCUT2D eigenvalue weighted by molar-refractivity contribution is -0.117. The van der Waals surface area contributed by atoms with Gasteiger partial charge in [0.25, 0.3) is 0 Å². The maximum atomic E-state index is 11.8. The summed E-state index contributed by atoms with van der Waals surface area (Å²) in [4.78, 5) is 13.9. The van der Waals surface area contributed by atoms with E-state index in [4.69, 9.17) is 5.73 Å². The first-order valence-corrected chi connectivity index (χ1v) is 6.01. The minimum atomic E-state index is -0.00250. The van der Waals surface area contributed by atoms with Crippen LogP contribution in [0.25, 0.3) is 0 Å². The molecule has 3 N–H and O–H groups in total. The van der Waals surface area contributed by atoms with E-state index in [0.29, 0.717) is 24.0 Å². The van der Waals surface area contributed by atoms with Gasteiger partial charge in [0.2, 0.25) is 5.91 Å². The van der Waals surface area contributed by atoms with Crippen molar-refractivity contribution in [2.45, 2.75) is 25.3 Å². The molecule has 0 aromatic heterocycles. The topological polar surface area (TPSA) is 58.4 Å². The molecule has 0 atom stereocenters. The fourth-order valence-corrected chi connectivity index (χ4v) is 1.98. The van der Waals surface area contributed by atoms with Crippen molar-refractivity contribution in [2.75, 3.05) is 24.6 Å². The zero-order chi connectivity index (χ0) is 12.3. The number of carbonyl (C=O) groups is 1. The van der Waals surface area contributed by atoms with Crippen LogP contribution in [0.2, 0.25) is 0 Å². The molecule has 0 bridgehead atoms. The zero-order valence-corrected chi connectivity index (χ0v) is 10.1. The number of rotatable bonds is 4. The van der Waals surface area contributed by atoms with Crippen LogP contribution in [0.15, 0.2) is 24.3 Å². The minimum Gasteiger partial charge on any atom is -0.397 e. The predicted molar refractivity (Wildman–Crippen MR) is 69.8 cm³/mol. The molecule has 0 heterocycles. The molecule has 1 saturated carbocycles. The highest BCUT2D eigenvalue weighted by molar-refractivity contribution is 5.95. The second-order valence-corrected chi connectivity index (χ2v) is 4.64. The van der Waals surface area contributed by atoms with E-state index in [2.05, 4.69) is 10.2 Å². The second kappa shape index (κ2) is 5.19. The summed E-state index contributed by atoms with van der Waals surface area (Å²) in [7, 11) is 2.00. The van der Waals surface area contributed by atoms with Gasteiger partial charge in [0.05, 0.1) is 17.9 Å². The SMILES string of the molecule is CN(CC(=O)Nc1ccccc1N)C1CCC1. The monoisotopic (exact) mass is 233 g/mol. The van der Waals surface area contributed by atoms with Crippen LogP contribution in [0, 0.1) is 0 Å². The maximum Gasteiger partial charge on any atom is 0.238 e. The molecule has 1 aliphatic rings. The Balaban J connectivity index is 1.86. The van der Waals surface area contributed by atoms with Crippen molar-refractivity contribution in [1.29, 1.82) is 0 Å². The molecular weight excluding hydrogens is 214 g/mol. The summed E-state index contributed by atoms with van der Waals surface area (Å²) in [5.74, 6) is -0.00250. The van der Waals surface area contributed by atoms with Gasteiger partial charge in [-0.3, -0.25) is 9.69 Å². The molecule has 2 rings (SSSR count). The summed E-state index contributed by atoms with van der Waals surface area (Å²) >= 11 is 0. The van der Waals surface area contributed by atoms with Crippen molar-refractivity contribution in [1.82, 2.24) is 4.90 Å². The predicted octanol–water partition coefficient (Wildman–Crippen LogP) is 1.69. The Morgan fingerprint density at radius 1 is 1.47 bits per heavy atom. The average Bonchev–Trinajstić information content (AvgIpc) is 2.18. The molecule has 1 aromatic carbocycles. The van der Waals surface area contributed by atoms with Gasteiger partial charge in [-0.2, -0.15) is 0 Å². The highest BCUT2D eigenvalue weighted by Crippen LogP contribution is 2.23. The highest BCUT2D eigenvalue weighted by atomic mass is 16.2. The van der Waals surface area contributed by atoms with Gasteiger partial charge >= 0.3 is 0 Å². The molecule has 1 fully saturated rings. The zero-order valence-electron chi connectivity index (χ0n) is 10.1. The first kappa shape index (κ1) is 11.9. The standard InChI is InChI=1S/C13H19N3O/c1-16(10-5-4-6-10)9-13(17)15-12-8-3-2-7-11(12)14/h2-3,7-8,10H,4-6,9,14H2,1H3,(H,15,17). The summed E-state index contributed by atoms with van der Waals surface area (Å²) in [5, 5.41) is 2.84. The lowest BCUT2D eigenvalue weighted by Crippen LogP contribution is -2.41. The van der Waals surface area contributed by atoms with Gasteiger partial charge in [-0.15, -0.1) is 0 Å². The molecule has 1 aliphatic carbocycles. The number of carbonyl (C=O) groups excluding carboxylic acids is 1. The second-order valence-electron chi connectivity index (χ2n) is 4.64. The Morgan fingerprint density at radius 2 is 2.18 bits per heavy atom. The lowest BCUT2D eigenvalue weighted by atomic mass is 9.92. The number of nitrogens with one attached hydrogen (secondary N) is 1. The third-order valence-corrected chi connectivity index (χ3v) is 3.33. The molecule has 0 unspecified atom stereocenters. The number of hydrogen-bond donors (Lipinski definition) is 2. The van der Waals surface area contributed by atoms with Crippen LogP contribution < -0.4 is 11.1 Å². The van der Waals surface area contributed by atoms with Crippen LogP contribution in [0.3, 0.4) is 0 Å². The molecule has 4 nitrogen and oxygen atoms in total. The summed E-state index contributed by atoms with van der Waals surface area (Å²) in [6.07, 6.45) is 3.69. The van der Waals surface area contributed by atoms with E-state index in [1.807, 2.05) is 25.2 Å². The number of likely N-dealkylation sites (N-methyl/N-ethyl adjacent to an activating group) is 1. The first-order valence-electron chi connectivity index (χ1n) is 6.01. The molecule has 92 valence electrons. The molecule has 0 spiro atoms. The number of nitrogens with zero attached hydrogens (tertiary/aromatic N) is 1. The van der Waals surface area contributed by atoms with Gasteiger partial charge in [0.1, 0.15) is 0 Å². The Labute approximate surface area is 102 Å². The Morgan fingerprint density at radius 3 is 2.76 bits per heavy atom. The summed E-state index contributed by atoms with van der Waals surface area (Å²) < 4.78 is 0. The highest BCUT2D eigenvalue weighted by Gasteiger charge is 2.23. The molecule has 1 amide bonds. The molecular formula is C13H19N3O. The molecule has 0 aliphatic heterocycles. The smallest absolute Gasteiger partial charge is 0.238 e.